The molecule has 0 amide bonds. The summed E-state index contributed by atoms with van der Waals surface area (Å²) in [7, 11) is 1.79. The Balaban J connectivity index is 2.08. The molecule has 2 rings (SSSR count). The summed E-state index contributed by atoms with van der Waals surface area (Å²) in [4.78, 5) is 19.9. The Hall–Kier alpha value is -2.64. The molecule has 20 heavy (non-hydrogen) atoms. The van der Waals surface area contributed by atoms with Gasteiger partial charge in [0.2, 0.25) is 0 Å². The van der Waals surface area contributed by atoms with E-state index in [1.807, 2.05) is 0 Å². The van der Waals surface area contributed by atoms with Gasteiger partial charge >= 0.3 is 5.97 Å². The number of rotatable bonds is 5. The quantitative estimate of drug-likeness (QED) is 0.769. The largest absolute Gasteiger partial charge is 0.462 e. The van der Waals surface area contributed by atoms with Crippen LogP contribution in [0, 0.1) is 0 Å². The summed E-state index contributed by atoms with van der Waals surface area (Å²) >= 11 is 0. The molecule has 0 aliphatic rings. The zero-order valence-corrected chi connectivity index (χ0v) is 11.3. The molecule has 0 aromatic carbocycles. The third-order valence-electron chi connectivity index (χ3n) is 2.50. The fourth-order valence-corrected chi connectivity index (χ4v) is 1.58. The number of hydrogen-bond acceptors (Lipinski definition) is 7. The van der Waals surface area contributed by atoms with Gasteiger partial charge in [-0.05, 0) is 13.0 Å². The maximum absolute atomic E-state index is 11.7. The average molecular weight is 276 g/mol. The minimum absolute atomic E-state index is 0.282. The SMILES string of the molecule is CCOC(=O)c1cc(NCc2ncn(C)n2)ncc1N. The number of ether oxygens (including phenoxy) is 1. The second-order valence-electron chi connectivity index (χ2n) is 4.07. The second kappa shape index (κ2) is 6.00. The van der Waals surface area contributed by atoms with Gasteiger partial charge in [0, 0.05) is 7.05 Å². The van der Waals surface area contributed by atoms with Gasteiger partial charge in [-0.15, -0.1) is 0 Å². The number of anilines is 2. The van der Waals surface area contributed by atoms with E-state index in [1.54, 1.807) is 31.0 Å². The fraction of sp³-hybridized carbons (Fsp3) is 0.333. The lowest BCUT2D eigenvalue weighted by Crippen LogP contribution is -2.10. The third-order valence-corrected chi connectivity index (χ3v) is 2.50. The number of nitrogens with zero attached hydrogens (tertiary/aromatic N) is 4. The summed E-state index contributed by atoms with van der Waals surface area (Å²) in [6.07, 6.45) is 3.03. The summed E-state index contributed by atoms with van der Waals surface area (Å²) in [5.74, 6) is 0.671. The molecule has 0 aliphatic carbocycles. The highest BCUT2D eigenvalue weighted by Gasteiger charge is 2.12. The first-order valence-corrected chi connectivity index (χ1v) is 6.11. The van der Waals surface area contributed by atoms with Gasteiger partial charge in [0.25, 0.3) is 0 Å². The van der Waals surface area contributed by atoms with Crippen LogP contribution in [-0.2, 0) is 18.3 Å². The van der Waals surface area contributed by atoms with Gasteiger partial charge in [0.05, 0.1) is 30.6 Å². The van der Waals surface area contributed by atoms with E-state index in [9.17, 15) is 4.79 Å². The predicted molar refractivity (Wildman–Crippen MR) is 72.9 cm³/mol. The average Bonchev–Trinajstić information content (AvgIpc) is 2.84. The molecule has 106 valence electrons. The van der Waals surface area contributed by atoms with E-state index in [2.05, 4.69) is 20.4 Å². The molecule has 0 saturated carbocycles. The van der Waals surface area contributed by atoms with Gasteiger partial charge in [-0.3, -0.25) is 4.68 Å². The Morgan fingerprint density at radius 1 is 1.50 bits per heavy atom. The zero-order chi connectivity index (χ0) is 14.5. The Morgan fingerprint density at radius 2 is 2.30 bits per heavy atom. The molecule has 0 aliphatic heterocycles. The van der Waals surface area contributed by atoms with Crippen LogP contribution in [0.4, 0.5) is 11.5 Å². The van der Waals surface area contributed by atoms with Crippen molar-refractivity contribution in [2.75, 3.05) is 17.7 Å². The maximum Gasteiger partial charge on any atom is 0.340 e. The molecular formula is C12H16N6O2. The van der Waals surface area contributed by atoms with Crippen molar-refractivity contribution in [2.24, 2.45) is 7.05 Å². The minimum atomic E-state index is -0.466. The normalized spacial score (nSPS) is 10.3. The van der Waals surface area contributed by atoms with Crippen LogP contribution in [0.25, 0.3) is 0 Å². The molecule has 2 aromatic rings. The molecule has 8 heteroatoms. The van der Waals surface area contributed by atoms with Crippen LogP contribution in [0.5, 0.6) is 0 Å². The number of nitrogen functional groups attached to an aromatic ring is 1. The summed E-state index contributed by atoms with van der Waals surface area (Å²) in [6, 6.07) is 1.55. The fourth-order valence-electron chi connectivity index (χ4n) is 1.58. The van der Waals surface area contributed by atoms with Gasteiger partial charge in [-0.2, -0.15) is 5.10 Å². The molecule has 0 atom stereocenters. The van der Waals surface area contributed by atoms with Crippen molar-refractivity contribution in [3.63, 3.8) is 0 Å². The van der Waals surface area contributed by atoms with Crippen LogP contribution in [0.1, 0.15) is 23.1 Å². The molecule has 0 fully saturated rings. The first-order chi connectivity index (χ1) is 9.60. The first kappa shape index (κ1) is 13.8. The number of esters is 1. The summed E-state index contributed by atoms with van der Waals surface area (Å²) in [5, 5.41) is 7.16. The molecule has 2 heterocycles. The van der Waals surface area contributed by atoms with E-state index in [-0.39, 0.29) is 5.69 Å². The molecule has 2 aromatic heterocycles. The molecule has 0 saturated heterocycles. The molecule has 0 bridgehead atoms. The van der Waals surface area contributed by atoms with Crippen molar-refractivity contribution in [1.29, 1.82) is 0 Å². The van der Waals surface area contributed by atoms with Gasteiger partial charge in [0.1, 0.15) is 12.1 Å². The molecule has 0 radical (unpaired) electrons. The van der Waals surface area contributed by atoms with Crippen LogP contribution >= 0.6 is 0 Å². The number of carbonyl (C=O) groups is 1. The van der Waals surface area contributed by atoms with E-state index in [4.69, 9.17) is 10.5 Å². The lowest BCUT2D eigenvalue weighted by Gasteiger charge is -2.08. The first-order valence-electron chi connectivity index (χ1n) is 6.11. The van der Waals surface area contributed by atoms with Crippen molar-refractivity contribution in [1.82, 2.24) is 19.7 Å². The van der Waals surface area contributed by atoms with Crippen molar-refractivity contribution in [3.8, 4) is 0 Å². The Labute approximate surface area is 116 Å². The Kier molecular flexibility index (Phi) is 4.14. The Bertz CT molecular complexity index is 610. The number of aromatic nitrogens is 4. The van der Waals surface area contributed by atoms with Gasteiger partial charge < -0.3 is 15.8 Å². The van der Waals surface area contributed by atoms with Crippen LogP contribution in [-0.4, -0.2) is 32.3 Å². The third kappa shape index (κ3) is 3.22. The minimum Gasteiger partial charge on any atom is -0.462 e. The number of pyridine rings is 1. The zero-order valence-electron chi connectivity index (χ0n) is 11.3. The van der Waals surface area contributed by atoms with Crippen molar-refractivity contribution < 1.29 is 9.53 Å². The molecule has 8 nitrogen and oxygen atoms in total. The highest BCUT2D eigenvalue weighted by Crippen LogP contribution is 2.16. The standard InChI is InChI=1S/C12H16N6O2/c1-3-20-12(19)8-4-10(14-5-9(8)13)15-6-11-16-7-18(2)17-11/h4-5,7H,3,6,13H2,1-2H3,(H,14,15). The lowest BCUT2D eigenvalue weighted by molar-refractivity contribution is 0.0527. The summed E-state index contributed by atoms with van der Waals surface area (Å²) in [5.41, 5.74) is 6.28. The van der Waals surface area contributed by atoms with Gasteiger partial charge in [0.15, 0.2) is 5.82 Å². The van der Waals surface area contributed by atoms with E-state index >= 15 is 0 Å². The van der Waals surface area contributed by atoms with Crippen LogP contribution in [0.15, 0.2) is 18.6 Å². The summed E-state index contributed by atoms with van der Waals surface area (Å²) in [6.45, 7) is 2.43. The number of nitrogens with two attached hydrogens (primary N) is 1. The smallest absolute Gasteiger partial charge is 0.340 e. The highest BCUT2D eigenvalue weighted by molar-refractivity contribution is 5.95. The predicted octanol–water partition coefficient (Wildman–Crippen LogP) is 0.581. The number of aryl methyl sites for hydroxylation is 1. The van der Waals surface area contributed by atoms with Crippen molar-refractivity contribution >= 4 is 17.5 Å². The molecular weight excluding hydrogens is 260 g/mol. The number of carbonyl (C=O) groups excluding carboxylic acids is 1. The van der Waals surface area contributed by atoms with Crippen molar-refractivity contribution in [3.05, 3.63) is 30.0 Å². The highest BCUT2D eigenvalue weighted by atomic mass is 16.5. The summed E-state index contributed by atoms with van der Waals surface area (Å²) < 4.78 is 6.54. The van der Waals surface area contributed by atoms with Crippen LogP contribution < -0.4 is 11.1 Å². The topological polar surface area (TPSA) is 108 Å². The van der Waals surface area contributed by atoms with E-state index < -0.39 is 5.97 Å². The maximum atomic E-state index is 11.7. The molecule has 0 spiro atoms. The second-order valence-corrected chi connectivity index (χ2v) is 4.07. The Morgan fingerprint density at radius 3 is 2.95 bits per heavy atom. The number of nitrogens with one attached hydrogen (secondary N) is 1. The van der Waals surface area contributed by atoms with Crippen molar-refractivity contribution in [2.45, 2.75) is 13.5 Å². The van der Waals surface area contributed by atoms with Gasteiger partial charge in [-0.25, -0.2) is 14.8 Å². The molecule has 0 unspecified atom stereocenters. The van der Waals surface area contributed by atoms with Gasteiger partial charge in [-0.1, -0.05) is 0 Å². The van der Waals surface area contributed by atoms with Crippen LogP contribution in [0.2, 0.25) is 0 Å². The molecule has 3 N–H and O–H groups in total. The van der Waals surface area contributed by atoms with Crippen LogP contribution in [0.3, 0.4) is 0 Å². The van der Waals surface area contributed by atoms with E-state index in [0.29, 0.717) is 30.4 Å². The van der Waals surface area contributed by atoms with E-state index in [1.165, 1.54) is 6.20 Å². The lowest BCUT2D eigenvalue weighted by atomic mass is 10.2. The van der Waals surface area contributed by atoms with E-state index in [0.717, 1.165) is 0 Å². The number of hydrogen-bond donors (Lipinski definition) is 2. The monoisotopic (exact) mass is 276 g/mol.